The standard InChI is InChI=1S/C12H13N3O2.C6H15O4P/c16-9-7-8(13-1-2-13)12(17)11(15-5-6-15)10(9)14-3-4-14;1-3-4-5-9-6(2)10-11(7)8/h7H,1-6H2;6-8H,3-5H2,1-2H3. The minimum Gasteiger partial charge on any atom is -0.365 e. The summed E-state index contributed by atoms with van der Waals surface area (Å²) in [6.45, 7) is 9.70. The van der Waals surface area contributed by atoms with Crippen LogP contribution in [0.2, 0.25) is 0 Å². The first kappa shape index (κ1) is 21.2. The van der Waals surface area contributed by atoms with Gasteiger partial charge in [-0.05, 0) is 13.3 Å². The third-order valence-corrected chi connectivity index (χ3v) is 5.07. The normalized spacial score (nSPS) is 21.6. The average Bonchev–Trinajstić information content (AvgIpc) is 3.46. The van der Waals surface area contributed by atoms with E-state index in [4.69, 9.17) is 14.5 Å². The fourth-order valence-electron chi connectivity index (χ4n) is 2.83. The molecule has 9 nitrogen and oxygen atoms in total. The van der Waals surface area contributed by atoms with Gasteiger partial charge in [0.2, 0.25) is 11.6 Å². The SMILES string of the molecule is CCCCOC(C)OP(O)O.O=C1C=C(N2CC2)C(=O)C(N2CC2)=C1N1CC1. The van der Waals surface area contributed by atoms with Crippen molar-refractivity contribution in [1.82, 2.24) is 14.7 Å². The fraction of sp³-hybridized carbons (Fsp3) is 0.667. The quantitative estimate of drug-likeness (QED) is 0.185. The van der Waals surface area contributed by atoms with Crippen LogP contribution in [0.1, 0.15) is 26.7 Å². The van der Waals surface area contributed by atoms with Crippen LogP contribution >= 0.6 is 8.60 Å². The second-order valence-corrected chi connectivity index (χ2v) is 7.75. The molecule has 0 spiro atoms. The minimum absolute atomic E-state index is 0.00546. The number of carbonyl (C=O) groups is 2. The number of ether oxygens (including phenoxy) is 1. The van der Waals surface area contributed by atoms with E-state index in [2.05, 4.69) is 11.4 Å². The molecule has 3 fully saturated rings. The van der Waals surface area contributed by atoms with Crippen LogP contribution in [0.25, 0.3) is 0 Å². The van der Waals surface area contributed by atoms with Crippen LogP contribution in [-0.2, 0) is 18.8 Å². The third-order valence-electron chi connectivity index (χ3n) is 4.58. The third kappa shape index (κ3) is 5.75. The van der Waals surface area contributed by atoms with Gasteiger partial charge in [-0.2, -0.15) is 0 Å². The summed E-state index contributed by atoms with van der Waals surface area (Å²) in [4.78, 5) is 47.3. The molecule has 28 heavy (non-hydrogen) atoms. The Morgan fingerprint density at radius 1 is 1.04 bits per heavy atom. The van der Waals surface area contributed by atoms with Gasteiger partial charge in [0.1, 0.15) is 11.4 Å². The number of allylic oxidation sites excluding steroid dienone is 1. The maximum absolute atomic E-state index is 12.4. The highest BCUT2D eigenvalue weighted by molar-refractivity contribution is 7.39. The highest BCUT2D eigenvalue weighted by Crippen LogP contribution is 2.34. The van der Waals surface area contributed by atoms with Crippen molar-refractivity contribution in [3.05, 3.63) is 23.2 Å². The molecule has 1 aliphatic carbocycles. The van der Waals surface area contributed by atoms with Crippen molar-refractivity contribution >= 4 is 20.2 Å². The number of ketones is 2. The van der Waals surface area contributed by atoms with E-state index in [0.717, 1.165) is 52.1 Å². The summed E-state index contributed by atoms with van der Waals surface area (Å²) < 4.78 is 9.62. The van der Waals surface area contributed by atoms with Gasteiger partial charge < -0.3 is 29.2 Å². The molecule has 1 unspecified atom stereocenters. The Hall–Kier alpha value is -1.51. The molecule has 3 heterocycles. The van der Waals surface area contributed by atoms with Crippen molar-refractivity contribution in [2.45, 2.75) is 33.0 Å². The molecule has 1 atom stereocenters. The molecular formula is C18H28N3O6P. The lowest BCUT2D eigenvalue weighted by Crippen LogP contribution is -2.29. The Bertz CT molecular complexity index is 668. The van der Waals surface area contributed by atoms with Crippen LogP contribution in [0.3, 0.4) is 0 Å². The van der Waals surface area contributed by atoms with E-state index in [1.54, 1.807) is 6.92 Å². The van der Waals surface area contributed by atoms with Gasteiger partial charge in [-0.1, -0.05) is 13.3 Å². The summed E-state index contributed by atoms with van der Waals surface area (Å²) in [6.07, 6.45) is 3.01. The van der Waals surface area contributed by atoms with E-state index in [0.29, 0.717) is 23.7 Å². The molecule has 0 aromatic heterocycles. The molecule has 4 aliphatic rings. The number of hydrogen-bond donors (Lipinski definition) is 2. The van der Waals surface area contributed by atoms with Crippen molar-refractivity contribution in [3.63, 3.8) is 0 Å². The van der Waals surface area contributed by atoms with E-state index in [9.17, 15) is 9.59 Å². The van der Waals surface area contributed by atoms with Gasteiger partial charge in [0.05, 0.1) is 5.70 Å². The van der Waals surface area contributed by atoms with Crippen molar-refractivity contribution in [2.24, 2.45) is 0 Å². The number of nitrogens with zero attached hydrogens (tertiary/aromatic N) is 3. The van der Waals surface area contributed by atoms with Crippen LogP contribution in [0, 0.1) is 0 Å². The molecule has 0 amide bonds. The lowest BCUT2D eigenvalue weighted by Gasteiger charge is -2.21. The Kier molecular flexibility index (Phi) is 7.06. The number of carbonyl (C=O) groups excluding carboxylic acids is 2. The summed E-state index contributed by atoms with van der Waals surface area (Å²) in [7, 11) is -2.29. The van der Waals surface area contributed by atoms with E-state index in [-0.39, 0.29) is 11.6 Å². The first-order chi connectivity index (χ1) is 13.4. The Labute approximate surface area is 166 Å². The van der Waals surface area contributed by atoms with Gasteiger partial charge in [-0.25, -0.2) is 0 Å². The molecule has 10 heteroatoms. The number of hydrogen-bond acceptors (Lipinski definition) is 9. The summed E-state index contributed by atoms with van der Waals surface area (Å²) in [5.74, 6) is 0.0485. The fourth-order valence-corrected chi connectivity index (χ4v) is 3.16. The van der Waals surface area contributed by atoms with Crippen molar-refractivity contribution in [2.75, 3.05) is 45.9 Å². The van der Waals surface area contributed by atoms with Crippen LogP contribution < -0.4 is 0 Å². The maximum Gasteiger partial charge on any atom is 0.329 e. The van der Waals surface area contributed by atoms with Crippen molar-refractivity contribution in [3.8, 4) is 0 Å². The first-order valence-corrected chi connectivity index (χ1v) is 10.8. The number of rotatable bonds is 9. The molecule has 156 valence electrons. The van der Waals surface area contributed by atoms with Crippen molar-refractivity contribution in [1.29, 1.82) is 0 Å². The van der Waals surface area contributed by atoms with E-state index < -0.39 is 14.9 Å². The Morgan fingerprint density at radius 2 is 1.61 bits per heavy atom. The molecule has 0 saturated carbocycles. The lowest BCUT2D eigenvalue weighted by molar-refractivity contribution is -0.117. The molecular weight excluding hydrogens is 385 g/mol. The molecule has 0 bridgehead atoms. The highest BCUT2D eigenvalue weighted by Gasteiger charge is 2.43. The largest absolute Gasteiger partial charge is 0.365 e. The van der Waals surface area contributed by atoms with Gasteiger partial charge in [-0.3, -0.25) is 14.1 Å². The van der Waals surface area contributed by atoms with Gasteiger partial charge in [0.25, 0.3) is 0 Å². The molecule has 2 N–H and O–H groups in total. The molecule has 0 aromatic rings. The predicted octanol–water partition coefficient (Wildman–Crippen LogP) is 0.558. The maximum atomic E-state index is 12.4. The van der Waals surface area contributed by atoms with Gasteiger partial charge in [0.15, 0.2) is 6.29 Å². The summed E-state index contributed by atoms with van der Waals surface area (Å²) in [5, 5.41) is 0. The zero-order valence-corrected chi connectivity index (χ0v) is 17.2. The predicted molar refractivity (Wildman–Crippen MR) is 103 cm³/mol. The molecule has 4 rings (SSSR count). The zero-order valence-electron chi connectivity index (χ0n) is 16.3. The minimum atomic E-state index is -2.29. The van der Waals surface area contributed by atoms with Gasteiger partial charge in [0, 0.05) is 52.0 Å². The van der Waals surface area contributed by atoms with Crippen LogP contribution in [0.15, 0.2) is 23.2 Å². The lowest BCUT2D eigenvalue weighted by atomic mass is 10.0. The monoisotopic (exact) mass is 413 g/mol. The summed E-state index contributed by atoms with van der Waals surface area (Å²) >= 11 is 0. The Balaban J connectivity index is 0.000000180. The van der Waals surface area contributed by atoms with Gasteiger partial charge >= 0.3 is 8.60 Å². The van der Waals surface area contributed by atoms with Crippen molar-refractivity contribution < 1.29 is 28.6 Å². The topological polar surface area (TPSA) is 102 Å². The van der Waals surface area contributed by atoms with E-state index in [1.165, 1.54) is 6.08 Å². The second-order valence-electron chi connectivity index (χ2n) is 7.03. The summed E-state index contributed by atoms with van der Waals surface area (Å²) in [6, 6.07) is 0. The van der Waals surface area contributed by atoms with Crippen LogP contribution in [-0.4, -0.2) is 88.2 Å². The molecule has 3 saturated heterocycles. The zero-order chi connectivity index (χ0) is 20.3. The second kappa shape index (κ2) is 9.33. The highest BCUT2D eigenvalue weighted by atomic mass is 31.2. The average molecular weight is 413 g/mol. The first-order valence-electron chi connectivity index (χ1n) is 9.68. The Morgan fingerprint density at radius 3 is 2.11 bits per heavy atom. The smallest absolute Gasteiger partial charge is 0.329 e. The molecule has 3 aliphatic heterocycles. The van der Waals surface area contributed by atoms with E-state index in [1.807, 2.05) is 14.7 Å². The van der Waals surface area contributed by atoms with E-state index >= 15 is 0 Å². The molecule has 0 radical (unpaired) electrons. The molecule has 0 aromatic carbocycles. The van der Waals surface area contributed by atoms with Crippen LogP contribution in [0.4, 0.5) is 0 Å². The van der Waals surface area contributed by atoms with Gasteiger partial charge in [-0.15, -0.1) is 0 Å². The summed E-state index contributed by atoms with van der Waals surface area (Å²) in [5.41, 5.74) is 1.89. The number of Topliss-reactive ketones (excluding diaryl/α,β-unsaturated/α-hetero) is 1. The number of unbranched alkanes of at least 4 members (excludes halogenated alkanes) is 1. The van der Waals surface area contributed by atoms with Crippen LogP contribution in [0.5, 0.6) is 0 Å².